The topological polar surface area (TPSA) is 137 Å². The molecule has 0 bridgehead atoms. The number of carbonyl (C=O) groups is 2. The van der Waals surface area contributed by atoms with E-state index in [4.69, 9.17) is 9.47 Å². The molecule has 0 unspecified atom stereocenters. The molecular formula is C22H24N4O6S2. The minimum atomic E-state index is -4.17. The van der Waals surface area contributed by atoms with E-state index in [0.29, 0.717) is 11.3 Å². The van der Waals surface area contributed by atoms with Gasteiger partial charge in [0.25, 0.3) is 21.8 Å². The lowest BCUT2D eigenvalue weighted by Crippen LogP contribution is -2.20. The highest BCUT2D eigenvalue weighted by molar-refractivity contribution is 7.93. The number of hydrogen-bond acceptors (Lipinski definition) is 9. The van der Waals surface area contributed by atoms with Crippen molar-refractivity contribution in [3.05, 3.63) is 57.0 Å². The maximum atomic E-state index is 13.2. The maximum absolute atomic E-state index is 13.2. The first kappa shape index (κ1) is 25.1. The molecule has 1 amide bonds. The number of amides is 1. The number of sulfonamides is 1. The Balaban J connectivity index is 1.93. The van der Waals surface area contributed by atoms with E-state index in [1.54, 1.807) is 6.92 Å². The van der Waals surface area contributed by atoms with Gasteiger partial charge in [0, 0.05) is 18.1 Å². The Kier molecular flexibility index (Phi) is 7.52. The van der Waals surface area contributed by atoms with E-state index >= 15 is 0 Å². The van der Waals surface area contributed by atoms with Gasteiger partial charge in [-0.25, -0.2) is 18.4 Å². The summed E-state index contributed by atoms with van der Waals surface area (Å²) in [6.45, 7) is 5.49. The Hall–Kier alpha value is -3.51. The number of hydrogen-bond donors (Lipinski definition) is 2. The van der Waals surface area contributed by atoms with Gasteiger partial charge in [0.05, 0.1) is 20.6 Å². The van der Waals surface area contributed by atoms with Crippen LogP contribution in [-0.2, 0) is 26.0 Å². The van der Waals surface area contributed by atoms with Crippen molar-refractivity contribution in [3.8, 4) is 5.88 Å². The molecule has 0 saturated heterocycles. The van der Waals surface area contributed by atoms with Crippen molar-refractivity contribution >= 4 is 44.7 Å². The predicted octanol–water partition coefficient (Wildman–Crippen LogP) is 3.24. The van der Waals surface area contributed by atoms with Crippen LogP contribution in [-0.4, -0.2) is 44.5 Å². The van der Waals surface area contributed by atoms with Gasteiger partial charge in [0.2, 0.25) is 5.82 Å². The normalized spacial score (nSPS) is 11.1. The molecule has 0 aliphatic heterocycles. The molecule has 0 spiro atoms. The number of carbonyl (C=O) groups excluding carboxylic acids is 2. The summed E-state index contributed by atoms with van der Waals surface area (Å²) >= 11 is 0.985. The highest BCUT2D eigenvalue weighted by atomic mass is 32.2. The van der Waals surface area contributed by atoms with E-state index in [-0.39, 0.29) is 27.9 Å². The molecule has 180 valence electrons. The number of nitrogens with one attached hydrogen (secondary N) is 2. The van der Waals surface area contributed by atoms with Crippen LogP contribution in [0.5, 0.6) is 5.88 Å². The molecule has 2 aromatic heterocycles. The molecule has 0 fully saturated rings. The Morgan fingerprint density at radius 1 is 1.09 bits per heavy atom. The first-order valence-corrected chi connectivity index (χ1v) is 12.4. The van der Waals surface area contributed by atoms with Crippen molar-refractivity contribution in [1.82, 2.24) is 9.97 Å². The third-order valence-electron chi connectivity index (χ3n) is 5.13. The molecule has 1 aromatic carbocycles. The molecule has 34 heavy (non-hydrogen) atoms. The summed E-state index contributed by atoms with van der Waals surface area (Å²) in [4.78, 5) is 32.6. The number of anilines is 2. The summed E-state index contributed by atoms with van der Waals surface area (Å²) in [5, 5.41) is 4.32. The van der Waals surface area contributed by atoms with Crippen LogP contribution >= 0.6 is 11.3 Å². The molecule has 0 atom stereocenters. The number of esters is 1. The highest BCUT2D eigenvalue weighted by Crippen LogP contribution is 2.31. The van der Waals surface area contributed by atoms with E-state index < -0.39 is 21.9 Å². The third kappa shape index (κ3) is 5.18. The van der Waals surface area contributed by atoms with E-state index in [0.717, 1.165) is 28.0 Å². The summed E-state index contributed by atoms with van der Waals surface area (Å²) in [6.07, 6.45) is 2.73. The summed E-state index contributed by atoms with van der Waals surface area (Å²) in [7, 11) is -1.52. The van der Waals surface area contributed by atoms with Gasteiger partial charge in [-0.2, -0.15) is 0 Å². The monoisotopic (exact) mass is 504 g/mol. The molecule has 0 radical (unpaired) electrons. The van der Waals surface area contributed by atoms with Crippen LogP contribution < -0.4 is 14.8 Å². The van der Waals surface area contributed by atoms with E-state index in [1.807, 2.05) is 19.9 Å². The summed E-state index contributed by atoms with van der Waals surface area (Å²) in [5.41, 5.74) is 3.62. The number of aromatic nitrogens is 2. The molecule has 10 nitrogen and oxygen atoms in total. The SMILES string of the molecule is COC(=O)Cc1c(C)cc(C)c(NC(=O)c2sccc2S(=O)(=O)Nc2nccnc2OC)c1C. The lowest BCUT2D eigenvalue weighted by Gasteiger charge is -2.18. The van der Waals surface area contributed by atoms with Gasteiger partial charge in [-0.15, -0.1) is 11.3 Å². The summed E-state index contributed by atoms with van der Waals surface area (Å²) < 4.78 is 38.2. The molecule has 12 heteroatoms. The zero-order valence-corrected chi connectivity index (χ0v) is 20.9. The Morgan fingerprint density at radius 3 is 2.47 bits per heavy atom. The van der Waals surface area contributed by atoms with Crippen LogP contribution in [0.15, 0.2) is 34.8 Å². The molecular weight excluding hydrogens is 480 g/mol. The average Bonchev–Trinajstić information content (AvgIpc) is 3.30. The van der Waals surface area contributed by atoms with Crippen molar-refractivity contribution in [2.75, 3.05) is 24.3 Å². The number of benzene rings is 1. The largest absolute Gasteiger partial charge is 0.478 e. The zero-order chi connectivity index (χ0) is 25.0. The van der Waals surface area contributed by atoms with Gasteiger partial charge in [0.15, 0.2) is 0 Å². The van der Waals surface area contributed by atoms with Crippen molar-refractivity contribution in [2.45, 2.75) is 32.1 Å². The number of rotatable bonds is 8. The minimum absolute atomic E-state index is 0.00338. The fraction of sp³-hybridized carbons (Fsp3) is 0.273. The number of aryl methyl sites for hydroxylation is 2. The molecule has 3 rings (SSSR count). The van der Waals surface area contributed by atoms with Crippen molar-refractivity contribution in [2.24, 2.45) is 0 Å². The molecule has 0 aliphatic carbocycles. The highest BCUT2D eigenvalue weighted by Gasteiger charge is 2.27. The van der Waals surface area contributed by atoms with Crippen molar-refractivity contribution in [3.63, 3.8) is 0 Å². The fourth-order valence-corrected chi connectivity index (χ4v) is 5.81. The van der Waals surface area contributed by atoms with Gasteiger partial charge in [-0.1, -0.05) is 6.07 Å². The number of ether oxygens (including phenoxy) is 2. The van der Waals surface area contributed by atoms with Gasteiger partial charge in [-0.05, 0) is 54.5 Å². The molecule has 2 N–H and O–H groups in total. The van der Waals surface area contributed by atoms with Crippen LogP contribution in [0.1, 0.15) is 31.9 Å². The van der Waals surface area contributed by atoms with Gasteiger partial charge in [-0.3, -0.25) is 14.3 Å². The lowest BCUT2D eigenvalue weighted by atomic mass is 9.95. The number of methoxy groups -OCH3 is 2. The van der Waals surface area contributed by atoms with E-state index in [9.17, 15) is 18.0 Å². The van der Waals surface area contributed by atoms with Crippen LogP contribution in [0.4, 0.5) is 11.5 Å². The predicted molar refractivity (Wildman–Crippen MR) is 128 cm³/mol. The molecule has 3 aromatic rings. The first-order valence-electron chi connectivity index (χ1n) is 10.0. The second-order valence-electron chi connectivity index (χ2n) is 7.33. The number of thiophene rings is 1. The third-order valence-corrected chi connectivity index (χ3v) is 7.56. The summed E-state index contributed by atoms with van der Waals surface area (Å²) in [6, 6.07) is 3.19. The molecule has 2 heterocycles. The Bertz CT molecular complexity index is 1350. The van der Waals surface area contributed by atoms with Gasteiger partial charge < -0.3 is 14.8 Å². The quantitative estimate of drug-likeness (QED) is 0.446. The first-order chi connectivity index (χ1) is 16.1. The average molecular weight is 505 g/mol. The van der Waals surface area contributed by atoms with Crippen LogP contribution in [0.2, 0.25) is 0 Å². The standard InChI is InChI=1S/C22H24N4O6S2/c1-12-10-13(2)18(14(3)15(12)11-17(27)31-4)25-21(28)19-16(6-9-33-19)34(29,30)26-20-22(32-5)24-8-7-23-20/h6-10H,11H2,1-5H3,(H,23,26)(H,25,28). The van der Waals surface area contributed by atoms with Crippen molar-refractivity contribution in [1.29, 1.82) is 0 Å². The molecule has 0 saturated carbocycles. The second kappa shape index (κ2) is 10.2. The number of nitrogens with zero attached hydrogens (tertiary/aromatic N) is 2. The molecule has 0 aliphatic rings. The Morgan fingerprint density at radius 2 is 1.79 bits per heavy atom. The van der Waals surface area contributed by atoms with Crippen LogP contribution in [0.3, 0.4) is 0 Å². The van der Waals surface area contributed by atoms with Crippen LogP contribution in [0.25, 0.3) is 0 Å². The smallest absolute Gasteiger partial charge is 0.309 e. The zero-order valence-electron chi connectivity index (χ0n) is 19.3. The maximum Gasteiger partial charge on any atom is 0.309 e. The van der Waals surface area contributed by atoms with E-state index in [2.05, 4.69) is 20.0 Å². The van der Waals surface area contributed by atoms with E-state index in [1.165, 1.54) is 38.1 Å². The fourth-order valence-electron chi connectivity index (χ4n) is 3.48. The lowest BCUT2D eigenvalue weighted by molar-refractivity contribution is -0.139. The van der Waals surface area contributed by atoms with Crippen molar-refractivity contribution < 1.29 is 27.5 Å². The second-order valence-corrected chi connectivity index (χ2v) is 9.90. The van der Waals surface area contributed by atoms with Gasteiger partial charge in [0.1, 0.15) is 9.77 Å². The summed E-state index contributed by atoms with van der Waals surface area (Å²) in [5.74, 6) is -1.10. The minimum Gasteiger partial charge on any atom is -0.478 e. The van der Waals surface area contributed by atoms with Crippen LogP contribution in [0, 0.1) is 20.8 Å². The Labute approximate surface area is 201 Å². The van der Waals surface area contributed by atoms with Gasteiger partial charge >= 0.3 is 5.97 Å².